The molecule has 0 bridgehead atoms. The van der Waals surface area contributed by atoms with E-state index in [1.165, 1.54) is 5.70 Å². The molecule has 0 N–H and O–H groups in total. The molecule has 2 heteroatoms. The number of allylic oxidation sites excluding steroid dienone is 2. The Morgan fingerprint density at radius 2 is 1.38 bits per heavy atom. The monoisotopic (exact) mass is 224 g/mol. The van der Waals surface area contributed by atoms with Gasteiger partial charge in [0.2, 0.25) is 0 Å². The zero-order valence-corrected chi connectivity index (χ0v) is 12.5. The van der Waals surface area contributed by atoms with Crippen LogP contribution in [0.15, 0.2) is 16.8 Å². The van der Waals surface area contributed by atoms with Gasteiger partial charge in [-0.25, -0.2) is 0 Å². The molecule has 0 aromatic carbocycles. The summed E-state index contributed by atoms with van der Waals surface area (Å²) in [6.45, 7) is 13.3. The number of nitrogens with zero attached hydrogens (tertiary/aromatic N) is 2. The van der Waals surface area contributed by atoms with Gasteiger partial charge in [0.1, 0.15) is 0 Å². The molecule has 0 fully saturated rings. The Bertz CT molecular complexity index is 283. The molecule has 0 rings (SSSR count). The van der Waals surface area contributed by atoms with Crippen LogP contribution in [0.25, 0.3) is 0 Å². The van der Waals surface area contributed by atoms with Crippen LogP contribution in [0.2, 0.25) is 0 Å². The van der Waals surface area contributed by atoms with Crippen molar-refractivity contribution in [3.63, 3.8) is 0 Å². The molecule has 0 saturated carbocycles. The quantitative estimate of drug-likeness (QED) is 0.654. The molecule has 2 nitrogen and oxygen atoms in total. The van der Waals surface area contributed by atoms with Crippen molar-refractivity contribution in [3.8, 4) is 0 Å². The molecule has 0 aromatic heterocycles. The van der Waals surface area contributed by atoms with Crippen LogP contribution in [0.3, 0.4) is 0 Å². The lowest BCUT2D eigenvalue weighted by Crippen LogP contribution is -2.27. The first-order valence-electron chi connectivity index (χ1n) is 5.87. The van der Waals surface area contributed by atoms with E-state index < -0.39 is 0 Å². The van der Waals surface area contributed by atoms with Crippen LogP contribution in [0.1, 0.15) is 41.5 Å². The van der Waals surface area contributed by atoms with Crippen LogP contribution in [0.5, 0.6) is 0 Å². The highest BCUT2D eigenvalue weighted by atomic mass is 15.1. The molecular formula is C14H28N2. The average Bonchev–Trinajstić information content (AvgIpc) is 1.99. The lowest BCUT2D eigenvalue weighted by Gasteiger charge is -2.31. The summed E-state index contributed by atoms with van der Waals surface area (Å²) in [4.78, 5) is 6.59. The van der Waals surface area contributed by atoms with Gasteiger partial charge < -0.3 is 4.90 Å². The highest BCUT2D eigenvalue weighted by Gasteiger charge is 2.23. The van der Waals surface area contributed by atoms with E-state index >= 15 is 0 Å². The maximum Gasteiger partial charge on any atom is 0.0415 e. The molecule has 0 aliphatic rings. The smallest absolute Gasteiger partial charge is 0.0415 e. The van der Waals surface area contributed by atoms with E-state index in [9.17, 15) is 0 Å². The number of rotatable bonds is 2. The Morgan fingerprint density at radius 3 is 1.56 bits per heavy atom. The van der Waals surface area contributed by atoms with Gasteiger partial charge in [-0.3, -0.25) is 4.99 Å². The maximum absolute atomic E-state index is 4.41. The number of hydrogen-bond donors (Lipinski definition) is 0. The predicted molar refractivity (Wildman–Crippen MR) is 74.0 cm³/mol. The van der Waals surface area contributed by atoms with Crippen molar-refractivity contribution in [1.29, 1.82) is 0 Å². The van der Waals surface area contributed by atoms with E-state index in [0.717, 1.165) is 5.71 Å². The molecule has 0 aromatic rings. The first-order valence-corrected chi connectivity index (χ1v) is 5.87. The summed E-state index contributed by atoms with van der Waals surface area (Å²) in [6.07, 6.45) is 2.22. The molecule has 0 unspecified atom stereocenters. The van der Waals surface area contributed by atoms with Crippen molar-refractivity contribution >= 4 is 5.71 Å². The molecule has 0 amide bonds. The zero-order chi connectivity index (χ0) is 13.1. The third kappa shape index (κ3) is 4.38. The third-order valence-electron chi connectivity index (χ3n) is 2.53. The molecule has 16 heavy (non-hydrogen) atoms. The van der Waals surface area contributed by atoms with Crippen molar-refractivity contribution in [1.82, 2.24) is 4.90 Å². The van der Waals surface area contributed by atoms with E-state index in [1.54, 1.807) is 0 Å². The van der Waals surface area contributed by atoms with Crippen LogP contribution >= 0.6 is 0 Å². The molecule has 0 spiro atoms. The molecular weight excluding hydrogens is 196 g/mol. The average molecular weight is 224 g/mol. The Kier molecular flexibility index (Phi) is 4.78. The predicted octanol–water partition coefficient (Wildman–Crippen LogP) is 3.59. The highest BCUT2D eigenvalue weighted by Crippen LogP contribution is 2.28. The lowest BCUT2D eigenvalue weighted by molar-refractivity contribution is 0.353. The van der Waals surface area contributed by atoms with Crippen LogP contribution in [0.4, 0.5) is 0 Å². The van der Waals surface area contributed by atoms with Gasteiger partial charge in [0.15, 0.2) is 0 Å². The molecule has 0 aliphatic carbocycles. The van der Waals surface area contributed by atoms with E-state index in [4.69, 9.17) is 0 Å². The molecule has 0 heterocycles. The van der Waals surface area contributed by atoms with Crippen molar-refractivity contribution in [2.75, 3.05) is 21.1 Å². The van der Waals surface area contributed by atoms with Gasteiger partial charge in [-0.2, -0.15) is 0 Å². The first-order chi connectivity index (χ1) is 7.00. The molecule has 0 saturated heterocycles. The van der Waals surface area contributed by atoms with Crippen molar-refractivity contribution in [3.05, 3.63) is 11.8 Å². The summed E-state index contributed by atoms with van der Waals surface area (Å²) in [6, 6.07) is 0. The summed E-state index contributed by atoms with van der Waals surface area (Å²) in [5.41, 5.74) is 2.69. The summed E-state index contributed by atoms with van der Waals surface area (Å²) >= 11 is 0. The van der Waals surface area contributed by atoms with Gasteiger partial charge >= 0.3 is 0 Å². The number of hydrogen-bond acceptors (Lipinski definition) is 2. The molecule has 0 radical (unpaired) electrons. The highest BCUT2D eigenvalue weighted by molar-refractivity contribution is 5.99. The standard InChI is InChI=1S/C14H28N2/c1-13(2,3)11(15-7)10-12(16(8)9)14(4,5)6/h10H,1-9H3. The second-order valence-electron chi connectivity index (χ2n) is 6.53. The van der Waals surface area contributed by atoms with Gasteiger partial charge in [0.25, 0.3) is 0 Å². The van der Waals surface area contributed by atoms with Crippen LogP contribution in [-0.2, 0) is 0 Å². The fraction of sp³-hybridized carbons (Fsp3) is 0.786. The maximum atomic E-state index is 4.41. The van der Waals surface area contributed by atoms with Crippen LogP contribution in [-0.4, -0.2) is 31.8 Å². The minimum atomic E-state index is 0.0985. The van der Waals surface area contributed by atoms with Gasteiger partial charge in [0, 0.05) is 43.4 Å². The second-order valence-corrected chi connectivity index (χ2v) is 6.53. The zero-order valence-electron chi connectivity index (χ0n) is 12.5. The van der Waals surface area contributed by atoms with Crippen molar-refractivity contribution < 1.29 is 0 Å². The van der Waals surface area contributed by atoms with Gasteiger partial charge in [-0.1, -0.05) is 41.5 Å². The minimum Gasteiger partial charge on any atom is -0.380 e. The topological polar surface area (TPSA) is 15.6 Å². The van der Waals surface area contributed by atoms with Gasteiger partial charge in [0.05, 0.1) is 0 Å². The third-order valence-corrected chi connectivity index (χ3v) is 2.53. The Labute approximate surface area is 101 Å². The van der Waals surface area contributed by atoms with Crippen LogP contribution < -0.4 is 0 Å². The lowest BCUT2D eigenvalue weighted by atomic mass is 9.84. The molecule has 94 valence electrons. The summed E-state index contributed by atoms with van der Waals surface area (Å²) in [5, 5.41) is 0. The van der Waals surface area contributed by atoms with Gasteiger partial charge in [-0.15, -0.1) is 0 Å². The Morgan fingerprint density at radius 1 is 0.938 bits per heavy atom. The normalized spacial score (nSPS) is 15.3. The SMILES string of the molecule is CN=C(C=C(N(C)C)C(C)(C)C)C(C)(C)C. The molecule has 0 aliphatic heterocycles. The van der Waals surface area contributed by atoms with Crippen molar-refractivity contribution in [2.45, 2.75) is 41.5 Å². The summed E-state index contributed by atoms with van der Waals surface area (Å²) in [5.74, 6) is 0. The largest absolute Gasteiger partial charge is 0.380 e. The molecule has 0 atom stereocenters. The summed E-state index contributed by atoms with van der Waals surface area (Å²) < 4.78 is 0. The Hall–Kier alpha value is -0.790. The van der Waals surface area contributed by atoms with E-state index in [0.29, 0.717) is 0 Å². The minimum absolute atomic E-state index is 0.0985. The fourth-order valence-electron chi connectivity index (χ4n) is 1.76. The second kappa shape index (κ2) is 5.03. The van der Waals surface area contributed by atoms with E-state index in [2.05, 4.69) is 71.6 Å². The van der Waals surface area contributed by atoms with Gasteiger partial charge in [-0.05, 0) is 6.08 Å². The van der Waals surface area contributed by atoms with E-state index in [-0.39, 0.29) is 10.8 Å². The van der Waals surface area contributed by atoms with Crippen LogP contribution in [0, 0.1) is 10.8 Å². The first kappa shape index (κ1) is 15.2. The van der Waals surface area contributed by atoms with Crippen molar-refractivity contribution in [2.24, 2.45) is 15.8 Å². The Balaban J connectivity index is 5.39. The fourth-order valence-corrected chi connectivity index (χ4v) is 1.76. The number of aliphatic imine (C=N–C) groups is 1. The summed E-state index contributed by atoms with van der Waals surface area (Å²) in [7, 11) is 6.05. The van der Waals surface area contributed by atoms with E-state index in [1.807, 2.05) is 7.05 Å².